The van der Waals surface area contributed by atoms with Gasteiger partial charge < -0.3 is 4.90 Å². The molecule has 2 unspecified atom stereocenters. The van der Waals surface area contributed by atoms with Gasteiger partial charge in [0.05, 0.1) is 11.7 Å². The molecule has 5 heteroatoms. The predicted octanol–water partition coefficient (Wildman–Crippen LogP) is 8.76. The van der Waals surface area contributed by atoms with E-state index in [0.29, 0.717) is 17.6 Å². The van der Waals surface area contributed by atoms with Crippen LogP contribution in [-0.4, -0.2) is 21.0 Å². The Labute approximate surface area is 236 Å². The monoisotopic (exact) mass is 568 g/mol. The van der Waals surface area contributed by atoms with Crippen LogP contribution in [0.4, 0.5) is 11.6 Å². The molecule has 5 aromatic rings. The standard InChI is InChI=1S/C34H25BrN4/c1-22-16-18-30-28(20-22)26-14-8-9-15-27(26)29-21-25(35)17-19-31(29)39(30)34-37-32(23-10-4-2-5-11-23)36-33(38-34)24-12-6-3-7-13-24/h2-21,28,30H,1H3. The topological polar surface area (TPSA) is 41.9 Å². The van der Waals surface area contributed by atoms with Crippen LogP contribution in [0.3, 0.4) is 0 Å². The SMILES string of the molecule is CC1=CC2c3ccccc3-c3cc(Br)ccc3N(c3nc(-c4ccccc4)nc(-c4ccccc4)n3)C2C=C1. The summed E-state index contributed by atoms with van der Waals surface area (Å²) in [4.78, 5) is 17.5. The lowest BCUT2D eigenvalue weighted by Gasteiger charge is -2.35. The third kappa shape index (κ3) is 4.29. The molecule has 0 amide bonds. The van der Waals surface area contributed by atoms with Gasteiger partial charge in [0.15, 0.2) is 11.6 Å². The summed E-state index contributed by atoms with van der Waals surface area (Å²) in [5, 5.41) is 0. The first-order valence-electron chi connectivity index (χ1n) is 13.1. The lowest BCUT2D eigenvalue weighted by molar-refractivity contribution is 0.678. The normalized spacial score (nSPS) is 17.5. The predicted molar refractivity (Wildman–Crippen MR) is 162 cm³/mol. The van der Waals surface area contributed by atoms with Crippen molar-refractivity contribution < 1.29 is 0 Å². The molecule has 188 valence electrons. The fraction of sp³-hybridized carbons (Fsp3) is 0.0882. The Balaban J connectivity index is 1.52. The van der Waals surface area contributed by atoms with Crippen LogP contribution < -0.4 is 4.90 Å². The van der Waals surface area contributed by atoms with E-state index in [2.05, 4.69) is 88.4 Å². The first-order chi connectivity index (χ1) is 19.2. The van der Waals surface area contributed by atoms with Crippen LogP contribution in [-0.2, 0) is 0 Å². The Morgan fingerprint density at radius 3 is 2.03 bits per heavy atom. The minimum absolute atomic E-state index is 0.00748. The summed E-state index contributed by atoms with van der Waals surface area (Å²) < 4.78 is 1.04. The number of halogens is 1. The molecule has 0 saturated heterocycles. The van der Waals surface area contributed by atoms with Crippen LogP contribution in [0, 0.1) is 0 Å². The van der Waals surface area contributed by atoms with E-state index < -0.39 is 0 Å². The molecule has 7 rings (SSSR count). The van der Waals surface area contributed by atoms with E-state index in [1.54, 1.807) is 0 Å². The van der Waals surface area contributed by atoms with Gasteiger partial charge in [0.1, 0.15) is 0 Å². The highest BCUT2D eigenvalue weighted by Crippen LogP contribution is 2.48. The van der Waals surface area contributed by atoms with Gasteiger partial charge in [-0.25, -0.2) is 4.98 Å². The number of anilines is 2. The fourth-order valence-electron chi connectivity index (χ4n) is 5.60. The third-order valence-corrected chi connectivity index (χ3v) is 7.89. The average molecular weight is 570 g/mol. The molecule has 0 N–H and O–H groups in total. The molecule has 2 aliphatic rings. The molecular formula is C34H25BrN4. The molecule has 1 aliphatic carbocycles. The zero-order valence-electron chi connectivity index (χ0n) is 21.4. The summed E-state index contributed by atoms with van der Waals surface area (Å²) in [5.41, 5.74) is 7.92. The highest BCUT2D eigenvalue weighted by molar-refractivity contribution is 9.10. The minimum Gasteiger partial charge on any atom is -0.302 e. The molecule has 0 saturated carbocycles. The fourth-order valence-corrected chi connectivity index (χ4v) is 5.96. The van der Waals surface area contributed by atoms with Crippen molar-refractivity contribution in [3.05, 3.63) is 137 Å². The highest BCUT2D eigenvalue weighted by atomic mass is 79.9. The van der Waals surface area contributed by atoms with Crippen molar-refractivity contribution in [1.29, 1.82) is 0 Å². The number of fused-ring (bicyclic) bond motifs is 5. The van der Waals surface area contributed by atoms with Crippen LogP contribution in [0.25, 0.3) is 33.9 Å². The van der Waals surface area contributed by atoms with Crippen molar-refractivity contribution in [3.63, 3.8) is 0 Å². The van der Waals surface area contributed by atoms with E-state index in [9.17, 15) is 0 Å². The molecule has 0 radical (unpaired) electrons. The van der Waals surface area contributed by atoms with Crippen LogP contribution in [0.1, 0.15) is 18.4 Å². The van der Waals surface area contributed by atoms with Gasteiger partial charge in [-0.05, 0) is 36.2 Å². The summed E-state index contributed by atoms with van der Waals surface area (Å²) in [6.45, 7) is 2.16. The zero-order chi connectivity index (χ0) is 26.3. The summed E-state index contributed by atoms with van der Waals surface area (Å²) >= 11 is 3.73. The van der Waals surface area contributed by atoms with E-state index >= 15 is 0 Å². The first-order valence-corrected chi connectivity index (χ1v) is 13.9. The number of hydrogen-bond donors (Lipinski definition) is 0. The second kappa shape index (κ2) is 9.75. The maximum absolute atomic E-state index is 5.13. The summed E-state index contributed by atoms with van der Waals surface area (Å²) in [6, 6.07) is 35.5. The second-order valence-electron chi connectivity index (χ2n) is 9.92. The number of nitrogens with zero attached hydrogens (tertiary/aromatic N) is 4. The second-order valence-corrected chi connectivity index (χ2v) is 10.8. The molecule has 4 aromatic carbocycles. The molecule has 1 aliphatic heterocycles. The lowest BCUT2D eigenvalue weighted by atomic mass is 9.83. The molecule has 0 fully saturated rings. The summed E-state index contributed by atoms with van der Waals surface area (Å²) in [5.74, 6) is 2.08. The Morgan fingerprint density at radius 1 is 0.692 bits per heavy atom. The summed E-state index contributed by atoms with van der Waals surface area (Å²) in [6.07, 6.45) is 6.87. The quantitative estimate of drug-likeness (QED) is 0.218. The van der Waals surface area contributed by atoms with Crippen LogP contribution in [0.5, 0.6) is 0 Å². The van der Waals surface area contributed by atoms with Gasteiger partial charge in [0.2, 0.25) is 5.95 Å². The van der Waals surface area contributed by atoms with Gasteiger partial charge in [-0.2, -0.15) is 9.97 Å². The Kier molecular flexibility index (Phi) is 5.94. The van der Waals surface area contributed by atoms with Crippen molar-refractivity contribution in [1.82, 2.24) is 15.0 Å². The van der Waals surface area contributed by atoms with Gasteiger partial charge in [-0.1, -0.05) is 125 Å². The first kappa shape index (κ1) is 23.7. The third-order valence-electron chi connectivity index (χ3n) is 7.40. The van der Waals surface area contributed by atoms with Crippen molar-refractivity contribution >= 4 is 27.6 Å². The molecule has 39 heavy (non-hydrogen) atoms. The number of allylic oxidation sites excluding steroid dienone is 2. The maximum Gasteiger partial charge on any atom is 0.234 e. The largest absolute Gasteiger partial charge is 0.302 e. The number of aromatic nitrogens is 3. The van der Waals surface area contributed by atoms with E-state index in [4.69, 9.17) is 15.0 Å². The molecule has 1 aromatic heterocycles. The Hall–Kier alpha value is -4.35. The Morgan fingerprint density at radius 2 is 1.33 bits per heavy atom. The van der Waals surface area contributed by atoms with Crippen molar-refractivity contribution in [2.75, 3.05) is 4.90 Å². The van der Waals surface area contributed by atoms with Crippen molar-refractivity contribution in [2.45, 2.75) is 18.9 Å². The highest BCUT2D eigenvalue weighted by Gasteiger charge is 2.36. The van der Waals surface area contributed by atoms with E-state index in [0.717, 1.165) is 26.9 Å². The van der Waals surface area contributed by atoms with Crippen LogP contribution in [0.2, 0.25) is 0 Å². The number of benzene rings is 4. The van der Waals surface area contributed by atoms with Crippen molar-refractivity contribution in [3.8, 4) is 33.9 Å². The van der Waals surface area contributed by atoms with Gasteiger partial charge >= 0.3 is 0 Å². The minimum atomic E-state index is -0.00748. The van der Waals surface area contributed by atoms with E-state index in [1.165, 1.54) is 16.7 Å². The van der Waals surface area contributed by atoms with Gasteiger partial charge in [0, 0.05) is 27.1 Å². The molecule has 0 bridgehead atoms. The van der Waals surface area contributed by atoms with Gasteiger partial charge in [-0.15, -0.1) is 0 Å². The molecule has 2 atom stereocenters. The van der Waals surface area contributed by atoms with E-state index in [-0.39, 0.29) is 12.0 Å². The van der Waals surface area contributed by atoms with E-state index in [1.807, 2.05) is 60.7 Å². The van der Waals surface area contributed by atoms with Crippen molar-refractivity contribution in [2.24, 2.45) is 0 Å². The Bertz CT molecular complexity index is 1690. The maximum atomic E-state index is 5.13. The molecule has 4 nitrogen and oxygen atoms in total. The summed E-state index contributed by atoms with van der Waals surface area (Å²) in [7, 11) is 0. The lowest BCUT2D eigenvalue weighted by Crippen LogP contribution is -2.36. The molecule has 0 spiro atoms. The average Bonchev–Trinajstić information content (AvgIpc) is 3.10. The number of hydrogen-bond acceptors (Lipinski definition) is 4. The van der Waals surface area contributed by atoms with Gasteiger partial charge in [-0.3, -0.25) is 0 Å². The molecule has 2 heterocycles. The zero-order valence-corrected chi connectivity index (χ0v) is 23.0. The van der Waals surface area contributed by atoms with Gasteiger partial charge in [0.25, 0.3) is 0 Å². The van der Waals surface area contributed by atoms with Crippen LogP contribution >= 0.6 is 15.9 Å². The van der Waals surface area contributed by atoms with Crippen LogP contribution in [0.15, 0.2) is 131 Å². The number of rotatable bonds is 3. The smallest absolute Gasteiger partial charge is 0.234 e. The molecular weight excluding hydrogens is 544 g/mol.